The van der Waals surface area contributed by atoms with E-state index in [1.807, 2.05) is 27.3 Å². The average molecular weight is 342 g/mol. The molecule has 0 bridgehead atoms. The van der Waals surface area contributed by atoms with Crippen LogP contribution in [0, 0.1) is 6.92 Å². The van der Waals surface area contributed by atoms with Crippen molar-refractivity contribution in [2.24, 2.45) is 0 Å². The van der Waals surface area contributed by atoms with Gasteiger partial charge >= 0.3 is 0 Å². The van der Waals surface area contributed by atoms with Gasteiger partial charge in [-0.2, -0.15) is 12.1 Å². The molecule has 0 saturated heterocycles. The smallest absolute Gasteiger partial charge is 0.281 e. The molecule has 0 aliphatic rings. The Morgan fingerprint density at radius 1 is 1.29 bits per heavy atom. The van der Waals surface area contributed by atoms with Gasteiger partial charge in [0.2, 0.25) is 0 Å². The third kappa shape index (κ3) is 14.5. The molecule has 121 valence electrons. The van der Waals surface area contributed by atoms with Crippen LogP contribution in [0.1, 0.15) is 15.9 Å². The Kier molecular flexibility index (Phi) is 27.0. The van der Waals surface area contributed by atoms with Gasteiger partial charge in [-0.15, -0.1) is 0 Å². The summed E-state index contributed by atoms with van der Waals surface area (Å²) in [4.78, 5) is 35.3. The zero-order valence-electron chi connectivity index (χ0n) is 11.7. The maximum absolute atomic E-state index is 11.3. The average Bonchev–Trinajstić information content (AvgIpc) is 2.97. The molecular weight excluding hydrogens is 323 g/mol. The maximum atomic E-state index is 11.3. The predicted molar refractivity (Wildman–Crippen MR) is 71.5 cm³/mol. The summed E-state index contributed by atoms with van der Waals surface area (Å²) in [6, 6.07) is 5.16. The van der Waals surface area contributed by atoms with Gasteiger partial charge < -0.3 is 29.3 Å². The Morgan fingerprint density at radius 2 is 1.76 bits per heavy atom. The van der Waals surface area contributed by atoms with Crippen LogP contribution in [0.5, 0.6) is 0 Å². The summed E-state index contributed by atoms with van der Waals surface area (Å²) in [5.74, 6) is -0.481. The van der Waals surface area contributed by atoms with E-state index in [9.17, 15) is 4.79 Å². The molecular formula is C13H19MnO7-. The van der Waals surface area contributed by atoms with E-state index in [-0.39, 0.29) is 23.7 Å². The predicted octanol–water partition coefficient (Wildman–Crippen LogP) is -0.333. The van der Waals surface area contributed by atoms with E-state index in [4.69, 9.17) is 29.3 Å². The van der Waals surface area contributed by atoms with Crippen molar-refractivity contribution in [3.63, 3.8) is 0 Å². The molecule has 0 amide bonds. The first kappa shape index (κ1) is 27.6. The quantitative estimate of drug-likeness (QED) is 0.437. The van der Waals surface area contributed by atoms with Gasteiger partial charge in [0.1, 0.15) is 33.1 Å². The minimum absolute atomic E-state index is 0. The van der Waals surface area contributed by atoms with Crippen molar-refractivity contribution >= 4 is 26.3 Å². The Hall–Kier alpha value is -1.73. The molecule has 7 nitrogen and oxygen atoms in total. The van der Waals surface area contributed by atoms with Crippen molar-refractivity contribution in [3.8, 4) is 0 Å². The van der Waals surface area contributed by atoms with Crippen LogP contribution in [0.3, 0.4) is 0 Å². The number of carbonyl (C=O) groups excluding carboxylic acids is 4. The summed E-state index contributed by atoms with van der Waals surface area (Å²) in [5, 5.41) is 17.4. The van der Waals surface area contributed by atoms with E-state index < -0.39 is 18.7 Å². The molecule has 21 heavy (non-hydrogen) atoms. The van der Waals surface area contributed by atoms with Crippen LogP contribution in [-0.4, -0.2) is 55.9 Å². The fourth-order valence-electron chi connectivity index (χ4n) is 0.998. The second kappa shape index (κ2) is 20.6. The van der Waals surface area contributed by atoms with Crippen molar-refractivity contribution in [2.75, 3.05) is 13.2 Å². The minimum atomic E-state index is -1.00. The van der Waals surface area contributed by atoms with Crippen LogP contribution >= 0.6 is 0 Å². The Balaban J connectivity index is -0.000000183. The number of carbonyl (C=O) groups is 4. The topological polar surface area (TPSA) is 118 Å². The largest absolute Gasteiger partial charge is 0.468 e. The molecule has 8 heteroatoms. The summed E-state index contributed by atoms with van der Waals surface area (Å²) < 4.78 is 4.75. The number of hydrogen-bond acceptors (Lipinski definition) is 7. The third-order valence-corrected chi connectivity index (χ3v) is 1.76. The van der Waals surface area contributed by atoms with Crippen LogP contribution < -0.4 is 0 Å². The van der Waals surface area contributed by atoms with Crippen molar-refractivity contribution in [2.45, 2.75) is 13.0 Å². The molecule has 1 aromatic rings. The van der Waals surface area contributed by atoms with E-state index in [1.54, 1.807) is 18.2 Å². The summed E-state index contributed by atoms with van der Waals surface area (Å²) in [6.07, 6.45) is -1.00. The molecule has 0 fully saturated rings. The number of ether oxygens (including phenoxy) is 1. The zero-order chi connectivity index (χ0) is 16.6. The number of aliphatic hydroxyl groups excluding tert-OH is 2. The van der Waals surface area contributed by atoms with Gasteiger partial charge in [0, 0.05) is 17.1 Å². The fourth-order valence-corrected chi connectivity index (χ4v) is 0.998. The number of esters is 1. The molecule has 0 aromatic heterocycles. The number of hydrogen-bond donors (Lipinski definition) is 2. The van der Waals surface area contributed by atoms with Crippen molar-refractivity contribution in [1.82, 2.24) is 0 Å². The summed E-state index contributed by atoms with van der Waals surface area (Å²) in [6.45, 7) is 7.28. The zero-order valence-corrected chi connectivity index (χ0v) is 12.8. The molecule has 1 radical (unpaired) electrons. The standard InChI is InChI=1S/C10H13O4.3CH2O.Mn/c1-7-2-3-8(4-7)10(13)14-6-9(12)5-11;3*1-2;/h2-4,9,11-12H,5-6H2,1H3;3*1H2;/q-1;;;;. The number of aryl methyl sites for hydroxylation is 1. The molecule has 1 aromatic carbocycles. The molecule has 1 atom stereocenters. The van der Waals surface area contributed by atoms with Gasteiger partial charge in [-0.25, -0.2) is 11.6 Å². The van der Waals surface area contributed by atoms with Gasteiger partial charge in [0.15, 0.2) is 0 Å². The Bertz CT molecular complexity index is 349. The molecule has 2 N–H and O–H groups in total. The summed E-state index contributed by atoms with van der Waals surface area (Å²) in [7, 11) is 0. The van der Waals surface area contributed by atoms with Crippen LogP contribution in [0.2, 0.25) is 0 Å². The number of aliphatic hydroxyl groups is 2. The summed E-state index contributed by atoms with van der Waals surface area (Å²) >= 11 is 0. The first-order valence-corrected chi connectivity index (χ1v) is 5.19. The normalized spacial score (nSPS) is 8.90. The minimum Gasteiger partial charge on any atom is -0.468 e. The Labute approximate surface area is 133 Å². The van der Waals surface area contributed by atoms with Crippen LogP contribution in [0.4, 0.5) is 0 Å². The van der Waals surface area contributed by atoms with Crippen LogP contribution in [0.25, 0.3) is 0 Å². The molecule has 1 rings (SSSR count). The van der Waals surface area contributed by atoms with E-state index >= 15 is 0 Å². The van der Waals surface area contributed by atoms with Crippen molar-refractivity contribution in [1.29, 1.82) is 0 Å². The first-order chi connectivity index (χ1) is 9.63. The maximum Gasteiger partial charge on any atom is 0.281 e. The molecule has 0 saturated carbocycles. The summed E-state index contributed by atoms with van der Waals surface area (Å²) in [5.41, 5.74) is 1.45. The van der Waals surface area contributed by atoms with Gasteiger partial charge in [0.05, 0.1) is 6.61 Å². The fraction of sp³-hybridized carbons (Fsp3) is 0.308. The first-order valence-electron chi connectivity index (χ1n) is 5.19. The second-order valence-electron chi connectivity index (χ2n) is 3.11. The van der Waals surface area contributed by atoms with Gasteiger partial charge in [-0.05, 0) is 0 Å². The van der Waals surface area contributed by atoms with Crippen molar-refractivity contribution < 1.29 is 51.2 Å². The van der Waals surface area contributed by atoms with Crippen LogP contribution in [0.15, 0.2) is 18.2 Å². The van der Waals surface area contributed by atoms with Gasteiger partial charge in [-0.3, -0.25) is 4.79 Å². The van der Waals surface area contributed by atoms with Crippen molar-refractivity contribution in [3.05, 3.63) is 29.3 Å². The molecule has 0 spiro atoms. The van der Waals surface area contributed by atoms with Crippen LogP contribution in [-0.2, 0) is 36.2 Å². The van der Waals surface area contributed by atoms with E-state index in [0.717, 1.165) is 5.56 Å². The van der Waals surface area contributed by atoms with E-state index in [1.165, 1.54) is 0 Å². The Morgan fingerprint density at radius 3 is 2.10 bits per heavy atom. The monoisotopic (exact) mass is 342 g/mol. The molecule has 0 aliphatic carbocycles. The second-order valence-corrected chi connectivity index (χ2v) is 3.11. The van der Waals surface area contributed by atoms with E-state index in [2.05, 4.69) is 0 Å². The van der Waals surface area contributed by atoms with E-state index in [0.29, 0.717) is 5.56 Å². The number of rotatable bonds is 4. The van der Waals surface area contributed by atoms with Gasteiger partial charge in [-0.1, -0.05) is 12.5 Å². The molecule has 0 heterocycles. The SMILES string of the molecule is C=O.C=O.C=O.Cc1cc[c-](C(=O)OCC(O)CO)c1.[Mn]. The van der Waals surface area contributed by atoms with Gasteiger partial charge in [0.25, 0.3) is 5.97 Å². The molecule has 1 unspecified atom stereocenters. The molecule has 0 aliphatic heterocycles. The third-order valence-electron chi connectivity index (χ3n) is 1.76.